The Hall–Kier alpha value is -1.82. The molecule has 1 aliphatic carbocycles. The van der Waals surface area contributed by atoms with Gasteiger partial charge in [0.25, 0.3) is 5.56 Å². The topological polar surface area (TPSA) is 64.0 Å². The van der Waals surface area contributed by atoms with Gasteiger partial charge >= 0.3 is 0 Å². The molecule has 1 aliphatic rings. The molecular weight excluding hydrogens is 298 g/mol. The third-order valence-electron chi connectivity index (χ3n) is 3.72. The van der Waals surface area contributed by atoms with Gasteiger partial charge in [-0.15, -0.1) is 0 Å². The van der Waals surface area contributed by atoms with Gasteiger partial charge in [-0.05, 0) is 38.8 Å². The summed E-state index contributed by atoms with van der Waals surface area (Å²) in [5.41, 5.74) is 0.625. The molecule has 1 N–H and O–H groups in total. The summed E-state index contributed by atoms with van der Waals surface area (Å²) in [5, 5.41) is 3.93. The molecule has 1 heterocycles. The third-order valence-corrected chi connectivity index (χ3v) is 4.81. The normalized spacial score (nSPS) is 15.7. The first-order valence-corrected chi connectivity index (χ1v) is 8.44. The lowest BCUT2D eigenvalue weighted by molar-refractivity contribution is -0.120. The molecule has 0 bridgehead atoms. The molecule has 6 heteroatoms. The number of rotatable bonds is 5. The highest BCUT2D eigenvalue weighted by atomic mass is 32.2. The van der Waals surface area contributed by atoms with E-state index in [9.17, 15) is 9.59 Å². The molecule has 5 nitrogen and oxygen atoms in total. The molecule has 2 aromatic rings. The van der Waals surface area contributed by atoms with Gasteiger partial charge in [-0.25, -0.2) is 4.98 Å². The second kappa shape index (κ2) is 6.12. The molecule has 116 valence electrons. The van der Waals surface area contributed by atoms with Crippen LogP contribution in [0.3, 0.4) is 0 Å². The summed E-state index contributed by atoms with van der Waals surface area (Å²) < 4.78 is 1.63. The number of hydrogen-bond acceptors (Lipinski definition) is 4. The number of para-hydroxylation sites is 1. The van der Waals surface area contributed by atoms with Crippen LogP contribution in [-0.2, 0) is 11.3 Å². The minimum atomic E-state index is -0.272. The largest absolute Gasteiger partial charge is 0.352 e. The van der Waals surface area contributed by atoms with E-state index in [1.807, 2.05) is 32.0 Å². The van der Waals surface area contributed by atoms with E-state index >= 15 is 0 Å². The molecule has 0 aliphatic heterocycles. The molecule has 0 saturated heterocycles. The SMILES string of the molecule is CCn1c(S[C@H](C)C(=O)NC2CC2)nc2ccccc2c1=O. The molecule has 1 aromatic heterocycles. The number of fused-ring (bicyclic) bond motifs is 1. The van der Waals surface area contributed by atoms with E-state index in [0.717, 1.165) is 12.8 Å². The van der Waals surface area contributed by atoms with Crippen molar-refractivity contribution in [2.24, 2.45) is 0 Å². The first-order valence-electron chi connectivity index (χ1n) is 7.56. The Morgan fingerprint density at radius 2 is 2.18 bits per heavy atom. The monoisotopic (exact) mass is 317 g/mol. The van der Waals surface area contributed by atoms with E-state index in [1.54, 1.807) is 10.6 Å². The predicted octanol–water partition coefficient (Wildman–Crippen LogP) is 2.18. The van der Waals surface area contributed by atoms with Crippen molar-refractivity contribution < 1.29 is 4.79 Å². The van der Waals surface area contributed by atoms with E-state index in [2.05, 4.69) is 10.3 Å². The summed E-state index contributed by atoms with van der Waals surface area (Å²) in [7, 11) is 0. The molecule has 1 atom stereocenters. The lowest BCUT2D eigenvalue weighted by Gasteiger charge is -2.15. The van der Waals surface area contributed by atoms with Gasteiger partial charge < -0.3 is 5.32 Å². The van der Waals surface area contributed by atoms with Gasteiger partial charge in [0.05, 0.1) is 16.2 Å². The highest BCUT2D eigenvalue weighted by Gasteiger charge is 2.26. The minimum absolute atomic E-state index is 0.0116. The second-order valence-electron chi connectivity index (χ2n) is 5.50. The van der Waals surface area contributed by atoms with Crippen molar-refractivity contribution in [1.29, 1.82) is 0 Å². The van der Waals surface area contributed by atoms with E-state index in [-0.39, 0.29) is 16.7 Å². The fraction of sp³-hybridized carbons (Fsp3) is 0.438. The zero-order chi connectivity index (χ0) is 15.7. The molecule has 3 rings (SSSR count). The molecule has 0 spiro atoms. The van der Waals surface area contributed by atoms with Gasteiger partial charge in [-0.1, -0.05) is 23.9 Å². The van der Waals surface area contributed by atoms with Gasteiger partial charge in [0.1, 0.15) is 0 Å². The molecule has 1 aromatic carbocycles. The van der Waals surface area contributed by atoms with E-state index in [4.69, 9.17) is 0 Å². The van der Waals surface area contributed by atoms with E-state index < -0.39 is 0 Å². The zero-order valence-electron chi connectivity index (χ0n) is 12.7. The van der Waals surface area contributed by atoms with Crippen molar-refractivity contribution in [3.63, 3.8) is 0 Å². The van der Waals surface area contributed by atoms with Crippen LogP contribution < -0.4 is 10.9 Å². The number of nitrogens with zero attached hydrogens (tertiary/aromatic N) is 2. The van der Waals surface area contributed by atoms with E-state index in [0.29, 0.717) is 28.6 Å². The van der Waals surface area contributed by atoms with Crippen LogP contribution in [0.5, 0.6) is 0 Å². The summed E-state index contributed by atoms with van der Waals surface area (Å²) in [5.74, 6) is 0.0116. The van der Waals surface area contributed by atoms with Crippen LogP contribution in [0.25, 0.3) is 10.9 Å². The second-order valence-corrected chi connectivity index (χ2v) is 6.81. The zero-order valence-corrected chi connectivity index (χ0v) is 13.5. The summed E-state index contributed by atoms with van der Waals surface area (Å²) in [4.78, 5) is 29.2. The van der Waals surface area contributed by atoms with Crippen molar-refractivity contribution >= 4 is 28.6 Å². The summed E-state index contributed by atoms with van der Waals surface area (Å²) >= 11 is 1.34. The predicted molar refractivity (Wildman–Crippen MR) is 88.2 cm³/mol. The molecule has 0 radical (unpaired) electrons. The number of carbonyl (C=O) groups excluding carboxylic acids is 1. The highest BCUT2D eigenvalue weighted by molar-refractivity contribution is 8.00. The Kier molecular flexibility index (Phi) is 4.20. The van der Waals surface area contributed by atoms with Gasteiger partial charge in [0.15, 0.2) is 5.16 Å². The van der Waals surface area contributed by atoms with Crippen molar-refractivity contribution in [2.45, 2.75) is 49.7 Å². The van der Waals surface area contributed by atoms with Crippen LogP contribution in [-0.4, -0.2) is 26.8 Å². The number of aromatic nitrogens is 2. The van der Waals surface area contributed by atoms with Gasteiger partial charge in [-0.2, -0.15) is 0 Å². The van der Waals surface area contributed by atoms with E-state index in [1.165, 1.54) is 11.8 Å². The number of benzene rings is 1. The fourth-order valence-corrected chi connectivity index (χ4v) is 3.26. The smallest absolute Gasteiger partial charge is 0.262 e. The fourth-order valence-electron chi connectivity index (χ4n) is 2.27. The van der Waals surface area contributed by atoms with Gasteiger partial charge in [0, 0.05) is 12.6 Å². The number of amides is 1. The maximum Gasteiger partial charge on any atom is 0.262 e. The standard InChI is InChI=1S/C16H19N3O2S/c1-3-19-15(21)12-6-4-5-7-13(12)18-16(19)22-10(2)14(20)17-11-8-9-11/h4-7,10-11H,3,8-9H2,1-2H3,(H,17,20)/t10-/m1/s1. The Morgan fingerprint density at radius 3 is 2.86 bits per heavy atom. The Morgan fingerprint density at radius 1 is 1.45 bits per heavy atom. The van der Waals surface area contributed by atoms with Gasteiger partial charge in [0.2, 0.25) is 5.91 Å². The van der Waals surface area contributed by atoms with Crippen LogP contribution >= 0.6 is 11.8 Å². The lowest BCUT2D eigenvalue weighted by Crippen LogP contribution is -2.33. The number of nitrogens with one attached hydrogen (secondary N) is 1. The summed E-state index contributed by atoms with van der Waals surface area (Å²) in [6, 6.07) is 7.66. The minimum Gasteiger partial charge on any atom is -0.352 e. The maximum absolute atomic E-state index is 12.5. The summed E-state index contributed by atoms with van der Waals surface area (Å²) in [6.45, 7) is 4.30. The van der Waals surface area contributed by atoms with Crippen LogP contribution in [0, 0.1) is 0 Å². The lowest BCUT2D eigenvalue weighted by atomic mass is 10.2. The van der Waals surface area contributed by atoms with Crippen LogP contribution in [0.1, 0.15) is 26.7 Å². The average molecular weight is 317 g/mol. The van der Waals surface area contributed by atoms with Crippen LogP contribution in [0.15, 0.2) is 34.2 Å². The Labute approximate surface area is 133 Å². The van der Waals surface area contributed by atoms with Crippen molar-refractivity contribution in [1.82, 2.24) is 14.9 Å². The highest BCUT2D eigenvalue weighted by Crippen LogP contribution is 2.24. The molecule has 22 heavy (non-hydrogen) atoms. The number of thioether (sulfide) groups is 1. The average Bonchev–Trinajstić information content (AvgIpc) is 3.31. The van der Waals surface area contributed by atoms with Crippen molar-refractivity contribution in [3.8, 4) is 0 Å². The molecule has 1 saturated carbocycles. The maximum atomic E-state index is 12.5. The summed E-state index contributed by atoms with van der Waals surface area (Å²) in [6.07, 6.45) is 2.13. The van der Waals surface area contributed by atoms with Crippen molar-refractivity contribution in [2.75, 3.05) is 0 Å². The van der Waals surface area contributed by atoms with Crippen LogP contribution in [0.4, 0.5) is 0 Å². The van der Waals surface area contributed by atoms with Crippen molar-refractivity contribution in [3.05, 3.63) is 34.6 Å². The quantitative estimate of drug-likeness (QED) is 0.678. The molecular formula is C16H19N3O2S. The first-order chi connectivity index (χ1) is 10.6. The molecule has 0 unspecified atom stereocenters. The van der Waals surface area contributed by atoms with Crippen LogP contribution in [0.2, 0.25) is 0 Å². The molecule has 1 amide bonds. The third kappa shape index (κ3) is 3.02. The number of carbonyl (C=O) groups is 1. The molecule has 1 fully saturated rings. The van der Waals surface area contributed by atoms with Gasteiger partial charge in [-0.3, -0.25) is 14.2 Å². The Balaban J connectivity index is 1.91. The first kappa shape index (κ1) is 15.1. The number of hydrogen-bond donors (Lipinski definition) is 1. The Bertz CT molecular complexity index is 768.